The molecule has 2 aromatic rings. The lowest BCUT2D eigenvalue weighted by atomic mass is 10.0. The van der Waals surface area contributed by atoms with Crippen molar-refractivity contribution in [3.63, 3.8) is 0 Å². The molecule has 0 aliphatic carbocycles. The lowest BCUT2D eigenvalue weighted by molar-refractivity contribution is -0.120. The van der Waals surface area contributed by atoms with Crippen LogP contribution >= 0.6 is 0 Å². The van der Waals surface area contributed by atoms with Crippen LogP contribution in [0.2, 0.25) is 0 Å². The van der Waals surface area contributed by atoms with Gasteiger partial charge in [0, 0.05) is 17.7 Å². The molecule has 0 saturated carbocycles. The van der Waals surface area contributed by atoms with E-state index in [0.29, 0.717) is 11.5 Å². The molecule has 1 aliphatic heterocycles. The highest BCUT2D eigenvalue weighted by Gasteiger charge is 2.28. The van der Waals surface area contributed by atoms with Crippen LogP contribution in [0, 0.1) is 0 Å². The number of hydrogen-bond acceptors (Lipinski definition) is 4. The zero-order valence-corrected chi connectivity index (χ0v) is 13.4. The lowest BCUT2D eigenvalue weighted by Gasteiger charge is -2.11. The lowest BCUT2D eigenvalue weighted by Crippen LogP contribution is -2.51. The number of aromatic nitrogens is 2. The number of rotatable bonds is 3. The predicted octanol–water partition coefficient (Wildman–Crippen LogP) is 0.237. The Morgan fingerprint density at radius 2 is 2.13 bits per heavy atom. The van der Waals surface area contributed by atoms with Crippen LogP contribution in [0.5, 0.6) is 11.5 Å². The molecule has 0 saturated heterocycles. The van der Waals surface area contributed by atoms with Crippen molar-refractivity contribution in [2.45, 2.75) is 19.3 Å². The number of hydrogen-bond donors (Lipinski definition) is 3. The number of para-hydroxylation sites is 1. The molecule has 3 rings (SSSR count). The standard InChI is InChI=1S/C16H21N5O2/c1-22-12-8-5-7-10(14(12)23-2)13-11-6-3-4-9-19-15(11)21(20-13)16(17)18/h5,7-8,19H,3-4,6,9H2,1-2H3,(H3,17,18)/p+1. The van der Waals surface area contributed by atoms with Gasteiger partial charge in [0.15, 0.2) is 17.3 Å². The first-order valence-corrected chi connectivity index (χ1v) is 7.62. The molecule has 122 valence electrons. The Balaban J connectivity index is 2.23. The maximum absolute atomic E-state index is 5.81. The van der Waals surface area contributed by atoms with Gasteiger partial charge in [-0.25, -0.2) is 0 Å². The van der Waals surface area contributed by atoms with Crippen LogP contribution < -0.4 is 25.9 Å². The number of anilines is 1. The van der Waals surface area contributed by atoms with Gasteiger partial charge in [-0.2, -0.15) is 0 Å². The van der Waals surface area contributed by atoms with Crippen LogP contribution in [-0.2, 0) is 6.42 Å². The Bertz CT molecular complexity index is 738. The first kappa shape index (κ1) is 15.2. The fourth-order valence-electron chi connectivity index (χ4n) is 2.98. The van der Waals surface area contributed by atoms with Crippen molar-refractivity contribution >= 4 is 11.8 Å². The fourth-order valence-corrected chi connectivity index (χ4v) is 2.98. The molecule has 2 heterocycles. The van der Waals surface area contributed by atoms with Crippen LogP contribution in [0.1, 0.15) is 18.4 Å². The molecular formula is C16H22N5O2+. The van der Waals surface area contributed by atoms with E-state index in [1.54, 1.807) is 18.9 Å². The molecule has 0 unspecified atom stereocenters. The maximum atomic E-state index is 5.81. The highest BCUT2D eigenvalue weighted by atomic mass is 16.5. The highest BCUT2D eigenvalue weighted by Crippen LogP contribution is 2.41. The third-order valence-corrected chi connectivity index (χ3v) is 4.03. The Labute approximate surface area is 134 Å². The van der Waals surface area contributed by atoms with Crippen LogP contribution in [0.25, 0.3) is 11.3 Å². The molecule has 1 aromatic heterocycles. The Morgan fingerprint density at radius 3 is 2.83 bits per heavy atom. The van der Waals surface area contributed by atoms with E-state index in [2.05, 4.69) is 10.4 Å². The minimum Gasteiger partial charge on any atom is -0.493 e. The van der Waals surface area contributed by atoms with E-state index in [-0.39, 0.29) is 5.96 Å². The predicted molar refractivity (Wildman–Crippen MR) is 88.7 cm³/mol. The number of methoxy groups -OCH3 is 2. The summed E-state index contributed by atoms with van der Waals surface area (Å²) in [5, 5.41) is 13.8. The average Bonchev–Trinajstić information content (AvgIpc) is 2.75. The van der Waals surface area contributed by atoms with Gasteiger partial charge >= 0.3 is 5.96 Å². The van der Waals surface area contributed by atoms with E-state index >= 15 is 0 Å². The van der Waals surface area contributed by atoms with Gasteiger partial charge in [0.1, 0.15) is 5.69 Å². The second-order valence-corrected chi connectivity index (χ2v) is 5.44. The van der Waals surface area contributed by atoms with Gasteiger partial charge in [0.05, 0.1) is 14.2 Å². The summed E-state index contributed by atoms with van der Waals surface area (Å²) in [5.74, 6) is 2.33. The Hall–Kier alpha value is -2.70. The molecule has 0 amide bonds. The van der Waals surface area contributed by atoms with Crippen molar-refractivity contribution in [3.8, 4) is 22.8 Å². The minimum atomic E-state index is 0.142. The van der Waals surface area contributed by atoms with Gasteiger partial charge in [-0.3, -0.25) is 11.1 Å². The molecule has 0 spiro atoms. The molecule has 1 aromatic carbocycles. The smallest absolute Gasteiger partial charge is 0.371 e. The van der Waals surface area contributed by atoms with Gasteiger partial charge in [-0.05, 0) is 31.4 Å². The van der Waals surface area contributed by atoms with E-state index < -0.39 is 0 Å². The Kier molecular flexibility index (Phi) is 4.10. The zero-order valence-electron chi connectivity index (χ0n) is 13.4. The van der Waals surface area contributed by atoms with Gasteiger partial charge in [-0.1, -0.05) is 10.7 Å². The number of benzene rings is 1. The van der Waals surface area contributed by atoms with Crippen LogP contribution in [-0.4, -0.2) is 36.5 Å². The number of nitrogens with two attached hydrogens (primary N) is 2. The molecule has 7 nitrogen and oxygen atoms in total. The fraction of sp³-hybridized carbons (Fsp3) is 0.375. The second-order valence-electron chi connectivity index (χ2n) is 5.44. The summed E-state index contributed by atoms with van der Waals surface area (Å²) in [6.45, 7) is 0.876. The molecule has 1 aliphatic rings. The van der Waals surface area contributed by atoms with E-state index in [9.17, 15) is 0 Å². The van der Waals surface area contributed by atoms with Crippen molar-refractivity contribution < 1.29 is 14.9 Å². The first-order valence-electron chi connectivity index (χ1n) is 7.62. The van der Waals surface area contributed by atoms with E-state index in [1.807, 2.05) is 18.2 Å². The Morgan fingerprint density at radius 1 is 1.30 bits per heavy atom. The molecule has 7 heteroatoms. The molecule has 5 N–H and O–H groups in total. The van der Waals surface area contributed by atoms with Crippen molar-refractivity contribution in [2.24, 2.45) is 5.73 Å². The molecule has 0 atom stereocenters. The molecular weight excluding hydrogens is 294 g/mol. The quantitative estimate of drug-likeness (QED) is 0.556. The zero-order chi connectivity index (χ0) is 16.4. The first-order chi connectivity index (χ1) is 11.2. The normalized spacial score (nSPS) is 13.7. The largest absolute Gasteiger partial charge is 0.493 e. The van der Waals surface area contributed by atoms with E-state index in [4.69, 9.17) is 20.6 Å². The van der Waals surface area contributed by atoms with Crippen molar-refractivity contribution in [3.05, 3.63) is 23.8 Å². The summed E-state index contributed by atoms with van der Waals surface area (Å²) in [6, 6.07) is 5.74. The van der Waals surface area contributed by atoms with E-state index in [0.717, 1.165) is 48.4 Å². The van der Waals surface area contributed by atoms with Crippen LogP contribution in [0.4, 0.5) is 5.82 Å². The SMILES string of the molecule is COc1cccc(-c2nn(C(N)=[NH2+])c3c2CCCCN3)c1OC. The van der Waals surface area contributed by atoms with Crippen molar-refractivity contribution in [2.75, 3.05) is 26.1 Å². The average molecular weight is 316 g/mol. The minimum absolute atomic E-state index is 0.142. The maximum Gasteiger partial charge on any atom is 0.371 e. The highest BCUT2D eigenvalue weighted by molar-refractivity contribution is 5.84. The molecule has 0 fully saturated rings. The summed E-state index contributed by atoms with van der Waals surface area (Å²) in [6.07, 6.45) is 3.08. The number of fused-ring (bicyclic) bond motifs is 1. The summed E-state index contributed by atoms with van der Waals surface area (Å²) in [5.41, 5.74) is 8.59. The molecule has 0 radical (unpaired) electrons. The topological polar surface area (TPSA) is 99.9 Å². The summed E-state index contributed by atoms with van der Waals surface area (Å²) in [4.78, 5) is 0. The van der Waals surface area contributed by atoms with Gasteiger partial charge in [-0.15, -0.1) is 5.10 Å². The van der Waals surface area contributed by atoms with Gasteiger partial charge in [0.2, 0.25) is 0 Å². The number of nitrogens with zero attached hydrogens (tertiary/aromatic N) is 2. The second kappa shape index (κ2) is 6.20. The van der Waals surface area contributed by atoms with Crippen molar-refractivity contribution in [1.82, 2.24) is 9.78 Å². The summed E-state index contributed by atoms with van der Waals surface area (Å²) >= 11 is 0. The van der Waals surface area contributed by atoms with Gasteiger partial charge < -0.3 is 14.8 Å². The van der Waals surface area contributed by atoms with Crippen molar-refractivity contribution in [1.29, 1.82) is 0 Å². The van der Waals surface area contributed by atoms with E-state index in [1.165, 1.54) is 0 Å². The monoisotopic (exact) mass is 316 g/mol. The third kappa shape index (κ3) is 2.58. The van der Waals surface area contributed by atoms with Crippen LogP contribution in [0.15, 0.2) is 18.2 Å². The molecule has 0 bridgehead atoms. The number of ether oxygens (including phenoxy) is 2. The van der Waals surface area contributed by atoms with Gasteiger partial charge in [0.25, 0.3) is 0 Å². The number of nitrogens with one attached hydrogen (secondary N) is 1. The van der Waals surface area contributed by atoms with Crippen LogP contribution in [0.3, 0.4) is 0 Å². The molecule has 23 heavy (non-hydrogen) atoms. The third-order valence-electron chi connectivity index (χ3n) is 4.03. The summed E-state index contributed by atoms with van der Waals surface area (Å²) < 4.78 is 12.5. The summed E-state index contributed by atoms with van der Waals surface area (Å²) in [7, 11) is 3.24.